The van der Waals surface area contributed by atoms with Gasteiger partial charge in [-0.25, -0.2) is 15.0 Å². The summed E-state index contributed by atoms with van der Waals surface area (Å²) in [5.74, 6) is 1.73. The van der Waals surface area contributed by atoms with Gasteiger partial charge in [-0.05, 0) is 0 Å². The molecule has 0 bridgehead atoms. The van der Waals surface area contributed by atoms with Gasteiger partial charge in [-0.15, -0.1) is 0 Å². The van der Waals surface area contributed by atoms with Crippen LogP contribution in [-0.4, -0.2) is 19.5 Å². The molecule has 78 valence electrons. The number of anilines is 1. The Morgan fingerprint density at radius 3 is 2.93 bits per heavy atom. The molecule has 0 spiro atoms. The van der Waals surface area contributed by atoms with Crippen molar-refractivity contribution in [3.05, 3.63) is 29.6 Å². The average molecular weight is 224 g/mol. The third kappa shape index (κ3) is 1.66. The Morgan fingerprint density at radius 2 is 2.20 bits per heavy atom. The number of nitrogens with two attached hydrogens (primary N) is 1. The van der Waals surface area contributed by atoms with E-state index >= 15 is 0 Å². The van der Waals surface area contributed by atoms with Crippen molar-refractivity contribution in [2.24, 2.45) is 0 Å². The van der Waals surface area contributed by atoms with Crippen molar-refractivity contribution in [1.29, 1.82) is 0 Å². The number of hydrogen-bond donors (Lipinski definition) is 1. The molecule has 0 fully saturated rings. The third-order valence-corrected chi connectivity index (χ3v) is 2.42. The molecule has 2 aromatic heterocycles. The number of halogens is 1. The lowest BCUT2D eigenvalue weighted by molar-refractivity contribution is 0.862. The molecule has 0 saturated heterocycles. The van der Waals surface area contributed by atoms with Crippen molar-refractivity contribution < 1.29 is 0 Å². The van der Waals surface area contributed by atoms with Gasteiger partial charge in [0, 0.05) is 18.8 Å². The summed E-state index contributed by atoms with van der Waals surface area (Å²) in [6, 6.07) is 0. The molecule has 6 heteroatoms. The van der Waals surface area contributed by atoms with Crippen molar-refractivity contribution in [2.75, 3.05) is 5.73 Å². The minimum Gasteiger partial charge on any atom is -0.382 e. The van der Waals surface area contributed by atoms with Gasteiger partial charge in [0.25, 0.3) is 0 Å². The SMILES string of the molecule is CCc1nccn1-c1ncnc(N)c1Cl. The summed E-state index contributed by atoms with van der Waals surface area (Å²) in [7, 11) is 0. The summed E-state index contributed by atoms with van der Waals surface area (Å²) in [6.07, 6.45) is 5.68. The Bertz CT molecular complexity index is 479. The summed E-state index contributed by atoms with van der Waals surface area (Å²) in [5.41, 5.74) is 5.60. The molecule has 0 amide bonds. The number of hydrogen-bond acceptors (Lipinski definition) is 4. The maximum atomic E-state index is 6.01. The smallest absolute Gasteiger partial charge is 0.162 e. The van der Waals surface area contributed by atoms with E-state index in [1.807, 2.05) is 6.92 Å². The zero-order valence-corrected chi connectivity index (χ0v) is 8.94. The highest BCUT2D eigenvalue weighted by Gasteiger charge is 2.10. The molecule has 0 saturated carbocycles. The van der Waals surface area contributed by atoms with Crippen molar-refractivity contribution in [3.8, 4) is 5.82 Å². The van der Waals surface area contributed by atoms with Gasteiger partial charge >= 0.3 is 0 Å². The average Bonchev–Trinajstić information content (AvgIpc) is 2.70. The second kappa shape index (κ2) is 3.86. The quantitative estimate of drug-likeness (QED) is 0.837. The fourth-order valence-corrected chi connectivity index (χ4v) is 1.52. The molecule has 0 radical (unpaired) electrons. The highest BCUT2D eigenvalue weighted by molar-refractivity contribution is 6.34. The lowest BCUT2D eigenvalue weighted by atomic mass is 10.4. The molecule has 5 nitrogen and oxygen atoms in total. The van der Waals surface area contributed by atoms with E-state index in [4.69, 9.17) is 17.3 Å². The van der Waals surface area contributed by atoms with E-state index in [-0.39, 0.29) is 5.82 Å². The monoisotopic (exact) mass is 223 g/mol. The molecule has 2 N–H and O–H groups in total. The van der Waals surface area contributed by atoms with Gasteiger partial charge in [0.15, 0.2) is 5.82 Å². The van der Waals surface area contributed by atoms with Gasteiger partial charge in [-0.2, -0.15) is 0 Å². The fraction of sp³-hybridized carbons (Fsp3) is 0.222. The molecule has 2 aromatic rings. The van der Waals surface area contributed by atoms with E-state index in [1.54, 1.807) is 17.0 Å². The maximum Gasteiger partial charge on any atom is 0.162 e. The van der Waals surface area contributed by atoms with E-state index in [0.717, 1.165) is 12.2 Å². The minimum absolute atomic E-state index is 0.275. The maximum absolute atomic E-state index is 6.01. The van der Waals surface area contributed by atoms with Crippen LogP contribution >= 0.6 is 11.6 Å². The molecule has 2 rings (SSSR count). The largest absolute Gasteiger partial charge is 0.382 e. The van der Waals surface area contributed by atoms with Crippen molar-refractivity contribution in [2.45, 2.75) is 13.3 Å². The lowest BCUT2D eigenvalue weighted by Crippen LogP contribution is -2.05. The second-order valence-corrected chi connectivity index (χ2v) is 3.34. The van der Waals surface area contributed by atoms with E-state index in [9.17, 15) is 0 Å². The first kappa shape index (κ1) is 9.92. The molecule has 0 atom stereocenters. The summed E-state index contributed by atoms with van der Waals surface area (Å²) in [5, 5.41) is 0.352. The van der Waals surface area contributed by atoms with Crippen LogP contribution in [0.15, 0.2) is 18.7 Å². The number of nitrogen functional groups attached to an aromatic ring is 1. The van der Waals surface area contributed by atoms with Gasteiger partial charge in [0.2, 0.25) is 0 Å². The number of nitrogens with zero attached hydrogens (tertiary/aromatic N) is 4. The Balaban J connectivity index is 2.59. The predicted molar refractivity (Wildman–Crippen MR) is 58.0 cm³/mol. The van der Waals surface area contributed by atoms with Crippen LogP contribution in [0.5, 0.6) is 0 Å². The van der Waals surface area contributed by atoms with Crippen LogP contribution in [0.1, 0.15) is 12.7 Å². The van der Waals surface area contributed by atoms with E-state index in [0.29, 0.717) is 10.8 Å². The molecular formula is C9H10ClN5. The number of aromatic nitrogens is 4. The summed E-state index contributed by atoms with van der Waals surface area (Å²) in [4.78, 5) is 12.1. The molecule has 0 aromatic carbocycles. The van der Waals surface area contributed by atoms with Crippen LogP contribution in [-0.2, 0) is 6.42 Å². The zero-order valence-electron chi connectivity index (χ0n) is 8.18. The molecule has 0 aliphatic carbocycles. The van der Waals surface area contributed by atoms with E-state index in [2.05, 4.69) is 15.0 Å². The molecule has 0 aliphatic heterocycles. The Hall–Kier alpha value is -1.62. The van der Waals surface area contributed by atoms with Gasteiger partial charge < -0.3 is 5.73 Å². The Morgan fingerprint density at radius 1 is 1.40 bits per heavy atom. The van der Waals surface area contributed by atoms with Crippen LogP contribution in [0.4, 0.5) is 5.82 Å². The number of imidazole rings is 1. The molecule has 2 heterocycles. The van der Waals surface area contributed by atoms with E-state index in [1.165, 1.54) is 6.33 Å². The first-order chi connectivity index (χ1) is 7.24. The molecular weight excluding hydrogens is 214 g/mol. The van der Waals surface area contributed by atoms with Crippen molar-refractivity contribution in [1.82, 2.24) is 19.5 Å². The second-order valence-electron chi connectivity index (χ2n) is 2.96. The number of rotatable bonds is 2. The summed E-state index contributed by atoms with van der Waals surface area (Å²) < 4.78 is 1.81. The van der Waals surface area contributed by atoms with Gasteiger partial charge in [-0.3, -0.25) is 4.57 Å². The van der Waals surface area contributed by atoms with E-state index < -0.39 is 0 Å². The van der Waals surface area contributed by atoms with Gasteiger partial charge in [0.1, 0.15) is 23.0 Å². The van der Waals surface area contributed by atoms with Crippen LogP contribution in [0, 0.1) is 0 Å². The van der Waals surface area contributed by atoms with Gasteiger partial charge in [-0.1, -0.05) is 18.5 Å². The standard InChI is InChI=1S/C9H10ClN5/c1-2-6-12-3-4-15(6)9-7(10)8(11)13-5-14-9/h3-5H,2H2,1H3,(H2,11,13,14). The predicted octanol–water partition coefficient (Wildman–Crippen LogP) is 1.46. The lowest BCUT2D eigenvalue weighted by Gasteiger charge is -2.07. The normalized spacial score (nSPS) is 10.5. The highest BCUT2D eigenvalue weighted by atomic mass is 35.5. The van der Waals surface area contributed by atoms with Gasteiger partial charge in [0.05, 0.1) is 0 Å². The van der Waals surface area contributed by atoms with Crippen LogP contribution in [0.3, 0.4) is 0 Å². The summed E-state index contributed by atoms with van der Waals surface area (Å²) >= 11 is 6.01. The third-order valence-electron chi connectivity index (χ3n) is 2.06. The molecule has 0 unspecified atom stereocenters. The van der Waals surface area contributed by atoms with Crippen LogP contribution in [0.2, 0.25) is 5.02 Å². The highest BCUT2D eigenvalue weighted by Crippen LogP contribution is 2.23. The van der Waals surface area contributed by atoms with Crippen LogP contribution < -0.4 is 5.73 Å². The summed E-state index contributed by atoms with van der Waals surface area (Å²) in [6.45, 7) is 2.01. The molecule has 0 aliphatic rings. The molecule has 15 heavy (non-hydrogen) atoms. The van der Waals surface area contributed by atoms with Crippen molar-refractivity contribution in [3.63, 3.8) is 0 Å². The topological polar surface area (TPSA) is 69.6 Å². The Kier molecular flexibility index (Phi) is 2.55. The first-order valence-electron chi connectivity index (χ1n) is 4.52. The first-order valence-corrected chi connectivity index (χ1v) is 4.90. The fourth-order valence-electron chi connectivity index (χ4n) is 1.33. The van der Waals surface area contributed by atoms with Crippen LogP contribution in [0.25, 0.3) is 5.82 Å². The zero-order chi connectivity index (χ0) is 10.8. The number of aryl methyl sites for hydroxylation is 1. The minimum atomic E-state index is 0.275. The Labute approximate surface area is 91.9 Å². The van der Waals surface area contributed by atoms with Crippen molar-refractivity contribution >= 4 is 17.4 Å².